The van der Waals surface area contributed by atoms with E-state index in [2.05, 4.69) is 23.7 Å². The molecular formula is C17H16O. The molecule has 0 radical (unpaired) electrons. The summed E-state index contributed by atoms with van der Waals surface area (Å²) in [6.45, 7) is 0. The molecule has 0 aromatic heterocycles. The van der Waals surface area contributed by atoms with E-state index in [1.54, 1.807) is 0 Å². The molecule has 1 aliphatic rings. The molecule has 0 heterocycles. The number of rotatable bonds is 4. The number of hydrogen-bond donors (Lipinski definition) is 0. The lowest BCUT2D eigenvalue weighted by Crippen LogP contribution is -2.35. The van der Waals surface area contributed by atoms with Gasteiger partial charge in [-0.3, -0.25) is 4.79 Å². The molecule has 0 aliphatic heterocycles. The first-order chi connectivity index (χ1) is 8.60. The SMILES string of the molecule is C#CCC1(CC#C)CCC(CC#C)(CC#C)C1=O. The fourth-order valence-corrected chi connectivity index (χ4v) is 2.85. The van der Waals surface area contributed by atoms with Crippen molar-refractivity contribution in [2.45, 2.75) is 38.5 Å². The first kappa shape index (κ1) is 14.0. The minimum absolute atomic E-state index is 0.0711. The number of carbonyl (C=O) groups excluding carboxylic acids is 1. The summed E-state index contributed by atoms with van der Waals surface area (Å²) in [5, 5.41) is 0. The largest absolute Gasteiger partial charge is 0.298 e. The first-order valence-electron chi connectivity index (χ1n) is 5.89. The molecule has 90 valence electrons. The second kappa shape index (κ2) is 5.50. The normalized spacial score (nSPS) is 19.2. The highest BCUT2D eigenvalue weighted by Crippen LogP contribution is 2.53. The second-order valence-electron chi connectivity index (χ2n) is 4.91. The van der Waals surface area contributed by atoms with Gasteiger partial charge in [0, 0.05) is 25.7 Å². The summed E-state index contributed by atoms with van der Waals surface area (Å²) in [6, 6.07) is 0. The molecule has 18 heavy (non-hydrogen) atoms. The molecule has 0 spiro atoms. The van der Waals surface area contributed by atoms with Crippen molar-refractivity contribution < 1.29 is 4.79 Å². The minimum atomic E-state index is -0.614. The number of terminal acetylenes is 4. The van der Waals surface area contributed by atoms with Crippen molar-refractivity contribution in [3.63, 3.8) is 0 Å². The maximum absolute atomic E-state index is 12.7. The highest BCUT2D eigenvalue weighted by Gasteiger charge is 2.54. The van der Waals surface area contributed by atoms with E-state index in [1.807, 2.05) is 0 Å². The van der Waals surface area contributed by atoms with Gasteiger partial charge in [0.25, 0.3) is 0 Å². The Labute approximate surface area is 110 Å². The van der Waals surface area contributed by atoms with Crippen molar-refractivity contribution in [3.05, 3.63) is 0 Å². The third-order valence-corrected chi connectivity index (χ3v) is 3.81. The fourth-order valence-electron chi connectivity index (χ4n) is 2.85. The van der Waals surface area contributed by atoms with Crippen molar-refractivity contribution in [1.82, 2.24) is 0 Å². The van der Waals surface area contributed by atoms with Crippen LogP contribution >= 0.6 is 0 Å². The van der Waals surface area contributed by atoms with Gasteiger partial charge in [-0.2, -0.15) is 0 Å². The van der Waals surface area contributed by atoms with Crippen LogP contribution in [-0.4, -0.2) is 5.78 Å². The molecule has 0 N–H and O–H groups in total. The maximum atomic E-state index is 12.7. The third kappa shape index (κ3) is 2.14. The Kier molecular flexibility index (Phi) is 4.27. The van der Waals surface area contributed by atoms with Gasteiger partial charge in [0.2, 0.25) is 0 Å². The number of carbonyl (C=O) groups is 1. The Hall–Kier alpha value is -2.09. The Bertz CT molecular complexity index is 418. The minimum Gasteiger partial charge on any atom is -0.298 e. The predicted molar refractivity (Wildman–Crippen MR) is 72.9 cm³/mol. The maximum Gasteiger partial charge on any atom is 0.148 e. The van der Waals surface area contributed by atoms with Gasteiger partial charge in [-0.1, -0.05) is 0 Å². The Morgan fingerprint density at radius 3 is 1.28 bits per heavy atom. The second-order valence-corrected chi connectivity index (χ2v) is 4.91. The Balaban J connectivity index is 3.15. The van der Waals surface area contributed by atoms with E-state index in [4.69, 9.17) is 25.7 Å². The van der Waals surface area contributed by atoms with Gasteiger partial charge in [-0.15, -0.1) is 49.4 Å². The van der Waals surface area contributed by atoms with Gasteiger partial charge in [0.05, 0.1) is 10.8 Å². The summed E-state index contributed by atoms with van der Waals surface area (Å²) in [5.41, 5.74) is -1.23. The van der Waals surface area contributed by atoms with Crippen LogP contribution in [0.3, 0.4) is 0 Å². The van der Waals surface area contributed by atoms with Crippen LogP contribution in [0, 0.1) is 60.2 Å². The third-order valence-electron chi connectivity index (χ3n) is 3.81. The molecule has 0 amide bonds. The molecule has 1 saturated carbocycles. The Morgan fingerprint density at radius 2 is 1.06 bits per heavy atom. The average molecular weight is 236 g/mol. The summed E-state index contributed by atoms with van der Waals surface area (Å²) in [6.07, 6.45) is 24.3. The standard InChI is InChI=1S/C17H16O/c1-5-9-16(10-6-2)13-14-17(11-7-3,12-8-4)15(16)18/h1-4H,9-14H2. The van der Waals surface area contributed by atoms with Crippen LogP contribution in [-0.2, 0) is 4.79 Å². The van der Waals surface area contributed by atoms with Crippen molar-refractivity contribution >= 4 is 5.78 Å². The molecule has 0 aromatic rings. The monoisotopic (exact) mass is 236 g/mol. The smallest absolute Gasteiger partial charge is 0.148 e. The van der Waals surface area contributed by atoms with E-state index in [9.17, 15) is 4.79 Å². The van der Waals surface area contributed by atoms with Crippen LogP contribution in [0.25, 0.3) is 0 Å². The molecule has 0 bridgehead atoms. The van der Waals surface area contributed by atoms with Gasteiger partial charge in [0.1, 0.15) is 5.78 Å². The van der Waals surface area contributed by atoms with Gasteiger partial charge in [0.15, 0.2) is 0 Å². The summed E-state index contributed by atoms with van der Waals surface area (Å²) in [5.74, 6) is 10.3. The molecule has 0 saturated heterocycles. The lowest BCUT2D eigenvalue weighted by atomic mass is 9.72. The average Bonchev–Trinajstić information content (AvgIpc) is 2.58. The Morgan fingerprint density at radius 1 is 0.778 bits per heavy atom. The van der Waals surface area contributed by atoms with Crippen molar-refractivity contribution in [2.75, 3.05) is 0 Å². The predicted octanol–water partition coefficient (Wildman–Crippen LogP) is 2.42. The van der Waals surface area contributed by atoms with Gasteiger partial charge in [-0.25, -0.2) is 0 Å². The van der Waals surface area contributed by atoms with Crippen LogP contribution in [0.2, 0.25) is 0 Å². The highest BCUT2D eigenvalue weighted by atomic mass is 16.1. The first-order valence-corrected chi connectivity index (χ1v) is 5.89. The lowest BCUT2D eigenvalue weighted by Gasteiger charge is -2.28. The van der Waals surface area contributed by atoms with Crippen LogP contribution in [0.1, 0.15) is 38.5 Å². The zero-order chi connectivity index (χ0) is 13.6. The van der Waals surface area contributed by atoms with E-state index in [1.165, 1.54) is 0 Å². The quantitative estimate of drug-likeness (QED) is 0.685. The fraction of sp³-hybridized carbons (Fsp3) is 0.471. The van der Waals surface area contributed by atoms with Crippen molar-refractivity contribution in [3.8, 4) is 49.4 Å². The number of ketones is 1. The van der Waals surface area contributed by atoms with Crippen LogP contribution in [0.15, 0.2) is 0 Å². The molecule has 1 aliphatic carbocycles. The number of hydrogen-bond acceptors (Lipinski definition) is 1. The van der Waals surface area contributed by atoms with Gasteiger partial charge >= 0.3 is 0 Å². The molecule has 1 nitrogen and oxygen atoms in total. The molecule has 0 unspecified atom stereocenters. The molecule has 1 heteroatoms. The van der Waals surface area contributed by atoms with Crippen LogP contribution in [0.5, 0.6) is 0 Å². The number of Topliss-reactive ketones (excluding diaryl/α,β-unsaturated/α-hetero) is 1. The zero-order valence-electron chi connectivity index (χ0n) is 10.5. The van der Waals surface area contributed by atoms with E-state index < -0.39 is 10.8 Å². The highest BCUT2D eigenvalue weighted by molar-refractivity contribution is 5.93. The summed E-state index contributed by atoms with van der Waals surface area (Å²) in [4.78, 5) is 12.7. The van der Waals surface area contributed by atoms with E-state index >= 15 is 0 Å². The lowest BCUT2D eigenvalue weighted by molar-refractivity contribution is -0.133. The van der Waals surface area contributed by atoms with Gasteiger partial charge in [-0.05, 0) is 12.8 Å². The van der Waals surface area contributed by atoms with E-state index in [0.29, 0.717) is 38.5 Å². The molecule has 1 fully saturated rings. The zero-order valence-corrected chi connectivity index (χ0v) is 10.5. The van der Waals surface area contributed by atoms with E-state index in [-0.39, 0.29) is 5.78 Å². The van der Waals surface area contributed by atoms with Crippen molar-refractivity contribution in [1.29, 1.82) is 0 Å². The van der Waals surface area contributed by atoms with Gasteiger partial charge < -0.3 is 0 Å². The summed E-state index contributed by atoms with van der Waals surface area (Å²) in [7, 11) is 0. The summed E-state index contributed by atoms with van der Waals surface area (Å²) < 4.78 is 0. The molecule has 1 rings (SSSR count). The molecule has 0 aromatic carbocycles. The van der Waals surface area contributed by atoms with Crippen LogP contribution in [0.4, 0.5) is 0 Å². The topological polar surface area (TPSA) is 17.1 Å². The summed E-state index contributed by atoms with van der Waals surface area (Å²) >= 11 is 0. The molecule has 0 atom stereocenters. The van der Waals surface area contributed by atoms with Crippen molar-refractivity contribution in [2.24, 2.45) is 10.8 Å². The van der Waals surface area contributed by atoms with Crippen LogP contribution < -0.4 is 0 Å². The molecular weight excluding hydrogens is 220 g/mol. The van der Waals surface area contributed by atoms with E-state index in [0.717, 1.165) is 0 Å².